The summed E-state index contributed by atoms with van der Waals surface area (Å²) >= 11 is 0. The van der Waals surface area contributed by atoms with Crippen LogP contribution in [0.5, 0.6) is 0 Å². The topological polar surface area (TPSA) is 6.48 Å². The summed E-state index contributed by atoms with van der Waals surface area (Å²) in [5.41, 5.74) is 8.75. The summed E-state index contributed by atoms with van der Waals surface area (Å²) < 4.78 is 0. The molecule has 2 aliphatic rings. The van der Waals surface area contributed by atoms with Gasteiger partial charge in [0.2, 0.25) is 0 Å². The van der Waals surface area contributed by atoms with Gasteiger partial charge in [-0.2, -0.15) is 0 Å². The maximum Gasteiger partial charge on any atom is 0.107 e. The molecule has 2 heteroatoms. The molecule has 0 amide bonds. The Balaban J connectivity index is 1.79. The molecule has 2 nitrogen and oxygen atoms in total. The Morgan fingerprint density at radius 3 is 1.39 bits per heavy atom. The van der Waals surface area contributed by atoms with Gasteiger partial charge in [-0.1, -0.05) is 91.3 Å². The van der Waals surface area contributed by atoms with Crippen LogP contribution in [0, 0.1) is 5.92 Å². The maximum absolute atomic E-state index is 2.56. The molecular weight excluding hydrogens is 400 g/mol. The predicted molar refractivity (Wildman–Crippen MR) is 144 cm³/mol. The second-order valence-electron chi connectivity index (χ2n) is 11.3. The zero-order valence-electron chi connectivity index (χ0n) is 22.1. The molecule has 2 unspecified atom stereocenters. The van der Waals surface area contributed by atoms with Gasteiger partial charge < -0.3 is 9.80 Å². The minimum Gasteiger partial charge on any atom is -0.325 e. The number of hydrogen-bond acceptors (Lipinski definition) is 2. The quantitative estimate of drug-likeness (QED) is 0.420. The third-order valence-electron chi connectivity index (χ3n) is 8.12. The van der Waals surface area contributed by atoms with Crippen molar-refractivity contribution in [3.05, 3.63) is 71.1 Å². The predicted octanol–water partition coefficient (Wildman–Crippen LogP) is 9.10. The summed E-state index contributed by atoms with van der Waals surface area (Å²) in [7, 11) is 0. The van der Waals surface area contributed by atoms with E-state index in [1.165, 1.54) is 52.9 Å². The van der Waals surface area contributed by atoms with Crippen LogP contribution < -0.4 is 9.80 Å². The highest BCUT2D eigenvalue weighted by molar-refractivity contribution is 5.72. The van der Waals surface area contributed by atoms with Crippen molar-refractivity contribution in [3.8, 4) is 0 Å². The van der Waals surface area contributed by atoms with Crippen molar-refractivity contribution in [2.45, 2.75) is 104 Å². The first-order valence-corrected chi connectivity index (χ1v) is 13.2. The molecule has 0 aromatic heterocycles. The van der Waals surface area contributed by atoms with E-state index in [1.807, 2.05) is 0 Å². The highest BCUT2D eigenvalue weighted by atomic mass is 15.4. The smallest absolute Gasteiger partial charge is 0.107 e. The molecule has 4 rings (SSSR count). The number of para-hydroxylation sites is 2. The number of anilines is 2. The Kier molecular flexibility index (Phi) is 6.93. The third kappa shape index (κ3) is 4.34. The van der Waals surface area contributed by atoms with Crippen LogP contribution in [0.2, 0.25) is 0 Å². The first-order valence-electron chi connectivity index (χ1n) is 13.2. The van der Waals surface area contributed by atoms with Gasteiger partial charge in [0.05, 0.1) is 0 Å². The molecule has 1 aliphatic carbocycles. The third-order valence-corrected chi connectivity index (χ3v) is 8.12. The van der Waals surface area contributed by atoms with Crippen LogP contribution in [0.15, 0.2) is 48.8 Å². The fourth-order valence-electron chi connectivity index (χ4n) is 5.76. The van der Waals surface area contributed by atoms with Crippen molar-refractivity contribution in [1.82, 2.24) is 0 Å². The van der Waals surface area contributed by atoms with Crippen molar-refractivity contribution in [3.63, 3.8) is 0 Å². The van der Waals surface area contributed by atoms with E-state index >= 15 is 0 Å². The van der Waals surface area contributed by atoms with Gasteiger partial charge in [0.25, 0.3) is 0 Å². The van der Waals surface area contributed by atoms with Crippen LogP contribution in [0.3, 0.4) is 0 Å². The van der Waals surface area contributed by atoms with Crippen LogP contribution in [0.25, 0.3) is 0 Å². The van der Waals surface area contributed by atoms with E-state index in [2.05, 4.69) is 114 Å². The average Bonchev–Trinajstić information content (AvgIpc) is 3.11. The van der Waals surface area contributed by atoms with E-state index in [-0.39, 0.29) is 6.17 Å². The van der Waals surface area contributed by atoms with Crippen molar-refractivity contribution < 1.29 is 0 Å². The molecule has 1 fully saturated rings. The van der Waals surface area contributed by atoms with Crippen LogP contribution in [-0.2, 0) is 0 Å². The Labute approximate surface area is 202 Å². The van der Waals surface area contributed by atoms with Gasteiger partial charge in [-0.05, 0) is 71.6 Å². The zero-order valence-corrected chi connectivity index (χ0v) is 22.1. The van der Waals surface area contributed by atoms with E-state index < -0.39 is 0 Å². The molecule has 33 heavy (non-hydrogen) atoms. The highest BCUT2D eigenvalue weighted by Crippen LogP contribution is 2.46. The van der Waals surface area contributed by atoms with E-state index in [1.54, 1.807) is 0 Å². The Morgan fingerprint density at radius 1 is 0.636 bits per heavy atom. The summed E-state index contributed by atoms with van der Waals surface area (Å²) in [6.45, 7) is 18.8. The van der Waals surface area contributed by atoms with E-state index in [4.69, 9.17) is 0 Å². The summed E-state index contributed by atoms with van der Waals surface area (Å²) in [6, 6.07) is 13.9. The number of benzene rings is 2. The van der Waals surface area contributed by atoms with Crippen LogP contribution in [0.4, 0.5) is 11.4 Å². The van der Waals surface area contributed by atoms with Gasteiger partial charge in [-0.25, -0.2) is 0 Å². The molecule has 0 spiro atoms. The SMILES string of the molecule is CC(C)c1cccc(C(C)C)c1N1C=CN(c2c(C(C)C)cccc2C(C)C2CCC2)C1C. The molecule has 1 saturated carbocycles. The summed E-state index contributed by atoms with van der Waals surface area (Å²) in [4.78, 5) is 5.08. The molecule has 2 atom stereocenters. The van der Waals surface area contributed by atoms with Crippen LogP contribution in [0.1, 0.15) is 121 Å². The van der Waals surface area contributed by atoms with E-state index in [0.717, 1.165) is 5.92 Å². The first kappa shape index (κ1) is 23.9. The first-order chi connectivity index (χ1) is 15.7. The van der Waals surface area contributed by atoms with Gasteiger partial charge >= 0.3 is 0 Å². The average molecular weight is 445 g/mol. The highest BCUT2D eigenvalue weighted by Gasteiger charge is 2.34. The summed E-state index contributed by atoms with van der Waals surface area (Å²) in [5, 5.41) is 0. The zero-order chi connectivity index (χ0) is 23.9. The molecule has 0 radical (unpaired) electrons. The largest absolute Gasteiger partial charge is 0.325 e. The lowest BCUT2D eigenvalue weighted by Crippen LogP contribution is -2.38. The lowest BCUT2D eigenvalue weighted by Gasteiger charge is -2.38. The van der Waals surface area contributed by atoms with Gasteiger partial charge in [-0.3, -0.25) is 0 Å². The van der Waals surface area contributed by atoms with Gasteiger partial charge in [0, 0.05) is 23.8 Å². The van der Waals surface area contributed by atoms with Gasteiger partial charge in [0.15, 0.2) is 0 Å². The molecular formula is C31H44N2. The fraction of sp³-hybridized carbons (Fsp3) is 0.548. The van der Waals surface area contributed by atoms with Crippen molar-refractivity contribution >= 4 is 11.4 Å². The lowest BCUT2D eigenvalue weighted by molar-refractivity contribution is 0.272. The minimum absolute atomic E-state index is 0.245. The molecule has 2 aromatic carbocycles. The van der Waals surface area contributed by atoms with Crippen LogP contribution >= 0.6 is 0 Å². The standard InChI is InChI=1S/C31H44N2/c1-20(2)26-14-10-15-27(21(3)4)30(26)32-18-19-33(24(32)8)31-28(22(5)6)16-11-17-29(31)23(7)25-12-9-13-25/h10-11,14-25H,9,12-13H2,1-8H3. The molecule has 1 heterocycles. The summed E-state index contributed by atoms with van der Waals surface area (Å²) in [5.74, 6) is 2.92. The number of hydrogen-bond donors (Lipinski definition) is 0. The number of rotatable bonds is 7. The van der Waals surface area contributed by atoms with Gasteiger partial charge in [0.1, 0.15) is 6.17 Å². The molecule has 178 valence electrons. The fourth-order valence-corrected chi connectivity index (χ4v) is 5.76. The lowest BCUT2D eigenvalue weighted by atomic mass is 9.73. The normalized spacial score (nSPS) is 19.8. The molecule has 0 saturated heterocycles. The van der Waals surface area contributed by atoms with Gasteiger partial charge in [-0.15, -0.1) is 0 Å². The van der Waals surface area contributed by atoms with Crippen molar-refractivity contribution in [1.29, 1.82) is 0 Å². The molecule has 0 N–H and O–H groups in total. The molecule has 2 aromatic rings. The number of nitrogens with zero attached hydrogens (tertiary/aromatic N) is 2. The molecule has 0 bridgehead atoms. The van der Waals surface area contributed by atoms with E-state index in [0.29, 0.717) is 23.7 Å². The Morgan fingerprint density at radius 2 is 1.03 bits per heavy atom. The monoisotopic (exact) mass is 444 g/mol. The van der Waals surface area contributed by atoms with E-state index in [9.17, 15) is 0 Å². The maximum atomic E-state index is 2.56. The Bertz CT molecular complexity index is 970. The summed E-state index contributed by atoms with van der Waals surface area (Å²) in [6.07, 6.45) is 9.06. The minimum atomic E-state index is 0.245. The molecule has 1 aliphatic heterocycles. The second kappa shape index (κ2) is 9.57. The Hall–Kier alpha value is -2.22. The van der Waals surface area contributed by atoms with Crippen LogP contribution in [-0.4, -0.2) is 6.17 Å². The van der Waals surface area contributed by atoms with Crippen molar-refractivity contribution in [2.24, 2.45) is 5.92 Å². The van der Waals surface area contributed by atoms with Crippen molar-refractivity contribution in [2.75, 3.05) is 9.80 Å². The second-order valence-corrected chi connectivity index (χ2v) is 11.3.